The highest BCUT2D eigenvalue weighted by atomic mass is 16.7. The highest BCUT2D eigenvalue weighted by molar-refractivity contribution is 6.00. The van der Waals surface area contributed by atoms with Gasteiger partial charge in [0, 0.05) is 23.1 Å². The lowest BCUT2D eigenvalue weighted by Crippen LogP contribution is -2.39. The van der Waals surface area contributed by atoms with Crippen LogP contribution in [0.5, 0.6) is 17.2 Å². The molecule has 0 bridgehead atoms. The quantitative estimate of drug-likeness (QED) is 0.410. The molecule has 2 N–H and O–H groups in total. The minimum Gasteiger partial charge on any atom is -0.507 e. The molecule has 0 saturated carbocycles. The van der Waals surface area contributed by atoms with Crippen LogP contribution in [0.25, 0.3) is 11.0 Å². The molecule has 3 atom stereocenters. The first-order chi connectivity index (χ1) is 15.4. The maximum absolute atomic E-state index is 12.0. The summed E-state index contributed by atoms with van der Waals surface area (Å²) < 4.78 is 18.8. The minimum absolute atomic E-state index is 0.140. The first-order valence-electron chi connectivity index (χ1n) is 10.7. The molecule has 2 aliphatic heterocycles. The molecule has 2 aromatic carbocycles. The highest BCUT2D eigenvalue weighted by Gasteiger charge is 2.62. The van der Waals surface area contributed by atoms with E-state index >= 15 is 0 Å². The second-order valence-corrected chi connectivity index (χ2v) is 9.18. The fraction of sp³-hybridized carbons (Fsp3) is 0.308. The van der Waals surface area contributed by atoms with Crippen LogP contribution >= 0.6 is 0 Å². The van der Waals surface area contributed by atoms with E-state index in [0.717, 1.165) is 5.56 Å². The summed E-state index contributed by atoms with van der Waals surface area (Å²) in [6.45, 7) is 10.6. The average molecular weight is 448 g/mol. The fourth-order valence-corrected chi connectivity index (χ4v) is 5.01. The van der Waals surface area contributed by atoms with Gasteiger partial charge >= 0.3 is 0 Å². The fourth-order valence-electron chi connectivity index (χ4n) is 5.01. The van der Waals surface area contributed by atoms with Gasteiger partial charge in [0.15, 0.2) is 11.6 Å². The normalized spacial score (nSPS) is 25.5. The summed E-state index contributed by atoms with van der Waals surface area (Å²) in [5.74, 6) is -1.28. The molecule has 1 fully saturated rings. The van der Waals surface area contributed by atoms with Crippen molar-refractivity contribution in [2.24, 2.45) is 0 Å². The zero-order valence-corrected chi connectivity index (χ0v) is 18.8. The summed E-state index contributed by atoms with van der Waals surface area (Å²) in [6.07, 6.45) is 0.459. The number of phenols is 2. The summed E-state index contributed by atoms with van der Waals surface area (Å²) in [6, 6.07) is 7.93. The molecule has 5 rings (SSSR count). The number of furan rings is 1. The van der Waals surface area contributed by atoms with Gasteiger partial charge in [0.2, 0.25) is 5.79 Å². The Bertz CT molecular complexity index is 1380. The monoisotopic (exact) mass is 448 g/mol. The Kier molecular flexibility index (Phi) is 4.33. The molecule has 7 heteroatoms. The van der Waals surface area contributed by atoms with E-state index in [2.05, 4.69) is 6.58 Å². The number of hydrogen-bond donors (Lipinski definition) is 2. The van der Waals surface area contributed by atoms with Gasteiger partial charge in [-0.3, -0.25) is 9.59 Å². The molecule has 0 spiro atoms. The van der Waals surface area contributed by atoms with Gasteiger partial charge in [0.1, 0.15) is 34.2 Å². The van der Waals surface area contributed by atoms with Crippen molar-refractivity contribution in [1.82, 2.24) is 0 Å². The molecule has 3 heterocycles. The Balaban J connectivity index is 1.61. The molecule has 7 nitrogen and oxygen atoms in total. The molecular weight excluding hydrogens is 424 g/mol. The number of Topliss-reactive ketones (excluding diaryl/α,β-unsaturated/α-hetero) is 2. The number of ether oxygens (including phenoxy) is 2. The summed E-state index contributed by atoms with van der Waals surface area (Å²) >= 11 is 0. The number of hydrogen-bond acceptors (Lipinski definition) is 7. The van der Waals surface area contributed by atoms with Crippen LogP contribution in [-0.2, 0) is 10.3 Å². The molecule has 2 aliphatic rings. The molecule has 3 aromatic rings. The summed E-state index contributed by atoms with van der Waals surface area (Å²) in [7, 11) is 0. The van der Waals surface area contributed by atoms with Crippen LogP contribution in [0.2, 0.25) is 0 Å². The van der Waals surface area contributed by atoms with Crippen LogP contribution in [0.15, 0.2) is 46.9 Å². The van der Waals surface area contributed by atoms with Crippen LogP contribution in [0.4, 0.5) is 0 Å². The smallest absolute Gasteiger partial charge is 0.240 e. The van der Waals surface area contributed by atoms with E-state index in [9.17, 15) is 19.8 Å². The second-order valence-electron chi connectivity index (χ2n) is 9.18. The molecule has 1 saturated heterocycles. The maximum atomic E-state index is 12.0. The highest BCUT2D eigenvalue weighted by Crippen LogP contribution is 2.62. The number of phenolic OH excluding ortho intramolecular Hbond substituents is 2. The van der Waals surface area contributed by atoms with Crippen molar-refractivity contribution < 1.29 is 33.7 Å². The number of fused-ring (bicyclic) bond motifs is 4. The van der Waals surface area contributed by atoms with E-state index in [1.165, 1.54) is 26.0 Å². The number of rotatable bonds is 4. The van der Waals surface area contributed by atoms with Gasteiger partial charge in [-0.15, -0.1) is 0 Å². The van der Waals surface area contributed by atoms with Gasteiger partial charge in [-0.2, -0.15) is 0 Å². The van der Waals surface area contributed by atoms with E-state index in [1.54, 1.807) is 18.2 Å². The zero-order chi connectivity index (χ0) is 23.9. The topological polar surface area (TPSA) is 106 Å². The Morgan fingerprint density at radius 3 is 2.27 bits per heavy atom. The van der Waals surface area contributed by atoms with Gasteiger partial charge in [0.05, 0.1) is 17.0 Å². The molecule has 0 unspecified atom stereocenters. The summed E-state index contributed by atoms with van der Waals surface area (Å²) in [5.41, 5.74) is 1.36. The van der Waals surface area contributed by atoms with Crippen LogP contribution in [0.3, 0.4) is 0 Å². The lowest BCUT2D eigenvalue weighted by atomic mass is 9.83. The predicted octanol–water partition coefficient (Wildman–Crippen LogP) is 5.33. The van der Waals surface area contributed by atoms with Crippen molar-refractivity contribution in [3.05, 3.63) is 64.9 Å². The average Bonchev–Trinajstić information content (AvgIpc) is 3.35. The van der Waals surface area contributed by atoms with Gasteiger partial charge in [-0.25, -0.2) is 0 Å². The minimum atomic E-state index is -1.19. The number of carbonyl (C=O) groups is 2. The van der Waals surface area contributed by atoms with E-state index < -0.39 is 11.4 Å². The van der Waals surface area contributed by atoms with E-state index in [-0.39, 0.29) is 40.1 Å². The van der Waals surface area contributed by atoms with Crippen molar-refractivity contribution in [2.45, 2.75) is 51.4 Å². The third-order valence-corrected chi connectivity index (χ3v) is 6.70. The second kappa shape index (κ2) is 6.71. The lowest BCUT2D eigenvalue weighted by Gasteiger charge is -2.31. The van der Waals surface area contributed by atoms with E-state index in [0.29, 0.717) is 34.5 Å². The van der Waals surface area contributed by atoms with Gasteiger partial charge in [-0.1, -0.05) is 6.58 Å². The SMILES string of the molecule is C=C(C)[C@@]12Oc3cc(O)c(C(C)=O)cc3[C@@H]1C[C@@](C)(c1cc3cc(C(C)=O)c(O)cc3o1)O2. The Labute approximate surface area is 190 Å². The Hall–Kier alpha value is -3.58. The van der Waals surface area contributed by atoms with Crippen molar-refractivity contribution in [3.63, 3.8) is 0 Å². The molecule has 0 radical (unpaired) electrons. The Morgan fingerprint density at radius 1 is 1.00 bits per heavy atom. The largest absolute Gasteiger partial charge is 0.507 e. The maximum Gasteiger partial charge on any atom is 0.240 e. The van der Waals surface area contributed by atoms with Gasteiger partial charge < -0.3 is 24.1 Å². The van der Waals surface area contributed by atoms with Crippen molar-refractivity contribution in [3.8, 4) is 17.2 Å². The number of ketones is 2. The third-order valence-electron chi connectivity index (χ3n) is 6.70. The predicted molar refractivity (Wildman–Crippen MR) is 120 cm³/mol. The number of benzene rings is 2. The van der Waals surface area contributed by atoms with Crippen LogP contribution in [0, 0.1) is 0 Å². The number of carbonyl (C=O) groups excluding carboxylic acids is 2. The van der Waals surface area contributed by atoms with Crippen LogP contribution < -0.4 is 4.74 Å². The van der Waals surface area contributed by atoms with E-state index in [1.807, 2.05) is 13.8 Å². The van der Waals surface area contributed by atoms with Gasteiger partial charge in [0.25, 0.3) is 0 Å². The van der Waals surface area contributed by atoms with E-state index in [4.69, 9.17) is 13.9 Å². The van der Waals surface area contributed by atoms with Crippen molar-refractivity contribution >= 4 is 22.5 Å². The van der Waals surface area contributed by atoms with Gasteiger partial charge in [-0.05, 0) is 57.9 Å². The Morgan fingerprint density at radius 2 is 1.64 bits per heavy atom. The van der Waals surface area contributed by atoms with Crippen molar-refractivity contribution in [1.29, 1.82) is 0 Å². The molecular formula is C26H24O7. The summed E-state index contributed by atoms with van der Waals surface area (Å²) in [5, 5.41) is 21.1. The third kappa shape index (κ3) is 2.92. The van der Waals surface area contributed by atoms with Crippen molar-refractivity contribution in [2.75, 3.05) is 0 Å². The first kappa shape index (κ1) is 21.3. The van der Waals surface area contributed by atoms with Crippen LogP contribution in [-0.4, -0.2) is 27.6 Å². The molecule has 170 valence electrons. The van der Waals surface area contributed by atoms with Crippen LogP contribution in [0.1, 0.15) is 72.1 Å². The first-order valence-corrected chi connectivity index (χ1v) is 10.7. The molecule has 1 aromatic heterocycles. The lowest BCUT2D eigenvalue weighted by molar-refractivity contribution is -0.182. The number of aromatic hydroxyl groups is 2. The standard InChI is InChI=1S/C26H24O7/c1-12(2)26-19(18-8-17(14(4)28)21(30)10-23(18)32-26)11-25(5,33-26)24-7-15-6-16(13(3)27)20(29)9-22(15)31-24/h6-10,19,29-30H,1,11H2,2-5H3/t19-,25-,26-/m0/s1. The zero-order valence-electron chi connectivity index (χ0n) is 18.8. The molecule has 0 aliphatic carbocycles. The molecule has 0 amide bonds. The molecule has 33 heavy (non-hydrogen) atoms. The summed E-state index contributed by atoms with van der Waals surface area (Å²) in [4.78, 5) is 23.8.